The van der Waals surface area contributed by atoms with E-state index in [-0.39, 0.29) is 11.5 Å². The summed E-state index contributed by atoms with van der Waals surface area (Å²) in [7, 11) is 3.11. The summed E-state index contributed by atoms with van der Waals surface area (Å²) in [6, 6.07) is 14.6. The molecule has 1 heterocycles. The second-order valence-electron chi connectivity index (χ2n) is 9.27. The summed E-state index contributed by atoms with van der Waals surface area (Å²) in [5, 5.41) is 11.0. The molecule has 0 spiro atoms. The number of nitrogens with one attached hydrogen (secondary N) is 2. The number of nitrogens with zero attached hydrogens (tertiary/aromatic N) is 2. The molecular weight excluding hydrogens is 472 g/mol. The molecule has 0 radical (unpaired) electrons. The van der Waals surface area contributed by atoms with E-state index >= 15 is 0 Å². The number of hydrogen-bond donors (Lipinski definition) is 2. The van der Waals surface area contributed by atoms with Crippen molar-refractivity contribution >= 4 is 11.7 Å². The predicted octanol–water partition coefficient (Wildman–Crippen LogP) is 3.57. The lowest BCUT2D eigenvalue weighted by Crippen LogP contribution is -2.45. The largest absolute Gasteiger partial charge is 0.493 e. The molecule has 2 N–H and O–H groups in total. The number of ether oxygens (including phenoxy) is 2. The van der Waals surface area contributed by atoms with Gasteiger partial charge in [0.2, 0.25) is 5.91 Å². The van der Waals surface area contributed by atoms with Crippen molar-refractivity contribution in [2.75, 3.05) is 14.2 Å². The van der Waals surface area contributed by atoms with Gasteiger partial charge in [0.1, 0.15) is 22.7 Å². The van der Waals surface area contributed by atoms with E-state index in [1.807, 2.05) is 36.4 Å². The zero-order chi connectivity index (χ0) is 27.0. The van der Waals surface area contributed by atoms with E-state index in [1.54, 1.807) is 40.2 Å². The average molecular weight is 507 g/mol. The highest BCUT2D eigenvalue weighted by Crippen LogP contribution is 2.29. The van der Waals surface area contributed by atoms with Gasteiger partial charge in [-0.3, -0.25) is 14.4 Å². The molecule has 0 saturated carbocycles. The maximum Gasteiger partial charge on any atom is 0.275 e. The van der Waals surface area contributed by atoms with E-state index in [2.05, 4.69) is 20.5 Å². The summed E-state index contributed by atoms with van der Waals surface area (Å²) in [6.45, 7) is 4.71. The van der Waals surface area contributed by atoms with Crippen molar-refractivity contribution in [2.24, 2.45) is 5.41 Å². The minimum absolute atomic E-state index is 0.0691. The van der Waals surface area contributed by atoms with Crippen LogP contribution in [0.15, 0.2) is 53.3 Å². The summed E-state index contributed by atoms with van der Waals surface area (Å²) in [5.74, 6) is 0.879. The fourth-order valence-electron chi connectivity index (χ4n) is 4.09. The highest BCUT2D eigenvalue weighted by molar-refractivity contribution is 6.04. The number of benzene rings is 2. The molecule has 3 aromatic rings. The molecule has 0 aliphatic carbocycles. The maximum atomic E-state index is 13.2. The Balaban J connectivity index is 1.67. The molecular formula is C28H34N4O5. The van der Waals surface area contributed by atoms with Gasteiger partial charge in [-0.25, -0.2) is 0 Å². The van der Waals surface area contributed by atoms with E-state index in [9.17, 15) is 14.4 Å². The molecule has 9 nitrogen and oxygen atoms in total. The third-order valence-corrected chi connectivity index (χ3v) is 6.61. The monoisotopic (exact) mass is 506 g/mol. The predicted molar refractivity (Wildman–Crippen MR) is 140 cm³/mol. The van der Waals surface area contributed by atoms with Crippen LogP contribution in [0.4, 0.5) is 0 Å². The van der Waals surface area contributed by atoms with Crippen LogP contribution in [0.25, 0.3) is 0 Å². The van der Waals surface area contributed by atoms with Crippen LogP contribution in [-0.4, -0.2) is 41.1 Å². The maximum absolute atomic E-state index is 13.2. The number of rotatable bonds is 12. The minimum atomic E-state index is -1.21. The molecule has 0 aliphatic rings. The first-order valence-electron chi connectivity index (χ1n) is 12.2. The second-order valence-corrected chi connectivity index (χ2v) is 9.27. The Hall–Kier alpha value is -4.01. The zero-order valence-corrected chi connectivity index (χ0v) is 22.0. The van der Waals surface area contributed by atoms with E-state index in [0.29, 0.717) is 36.6 Å². The van der Waals surface area contributed by atoms with Gasteiger partial charge in [-0.05, 0) is 63.3 Å². The number of hydrogen-bond acceptors (Lipinski definition) is 7. The van der Waals surface area contributed by atoms with Crippen LogP contribution in [-0.2, 0) is 22.4 Å². The number of aromatic nitrogens is 3. The number of ketones is 1. The Morgan fingerprint density at radius 3 is 2.35 bits per heavy atom. The molecule has 2 aromatic carbocycles. The fraction of sp³-hybridized carbons (Fsp3) is 0.393. The lowest BCUT2D eigenvalue weighted by atomic mass is 9.79. The molecule has 3 rings (SSSR count). The number of methoxy groups -OCH3 is 2. The number of amides is 1. The highest BCUT2D eigenvalue weighted by Gasteiger charge is 2.38. The molecule has 37 heavy (non-hydrogen) atoms. The molecule has 2 unspecified atom stereocenters. The summed E-state index contributed by atoms with van der Waals surface area (Å²) in [4.78, 5) is 41.1. The Morgan fingerprint density at radius 2 is 1.73 bits per heavy atom. The van der Waals surface area contributed by atoms with Crippen molar-refractivity contribution in [1.82, 2.24) is 20.5 Å². The molecule has 0 aliphatic heterocycles. The summed E-state index contributed by atoms with van der Waals surface area (Å²) < 4.78 is 10.6. The van der Waals surface area contributed by atoms with E-state index in [0.717, 1.165) is 17.5 Å². The molecule has 0 bridgehead atoms. The van der Waals surface area contributed by atoms with Crippen LogP contribution in [0.5, 0.6) is 11.5 Å². The van der Waals surface area contributed by atoms with Crippen LogP contribution >= 0.6 is 0 Å². The van der Waals surface area contributed by atoms with E-state index in [1.165, 1.54) is 6.92 Å². The first-order valence-corrected chi connectivity index (χ1v) is 12.2. The van der Waals surface area contributed by atoms with Gasteiger partial charge in [0.15, 0.2) is 11.5 Å². The van der Waals surface area contributed by atoms with Crippen LogP contribution in [0.1, 0.15) is 62.3 Å². The summed E-state index contributed by atoms with van der Waals surface area (Å²) >= 11 is 0. The summed E-state index contributed by atoms with van der Waals surface area (Å²) in [5.41, 5.74) is 0.407. The van der Waals surface area contributed by atoms with Crippen molar-refractivity contribution in [3.63, 3.8) is 0 Å². The van der Waals surface area contributed by atoms with Crippen molar-refractivity contribution in [2.45, 2.75) is 52.5 Å². The molecule has 1 aromatic heterocycles. The van der Waals surface area contributed by atoms with Gasteiger partial charge in [-0.1, -0.05) is 36.4 Å². The van der Waals surface area contributed by atoms with Crippen LogP contribution in [0.2, 0.25) is 0 Å². The fourth-order valence-corrected chi connectivity index (χ4v) is 4.09. The van der Waals surface area contributed by atoms with Gasteiger partial charge in [-0.2, -0.15) is 0 Å². The molecule has 2 atom stereocenters. The second kappa shape index (κ2) is 12.3. The van der Waals surface area contributed by atoms with E-state index < -0.39 is 22.9 Å². The van der Waals surface area contributed by atoms with Gasteiger partial charge < -0.3 is 19.8 Å². The normalized spacial score (nSPS) is 13.3. The van der Waals surface area contributed by atoms with Crippen LogP contribution in [0, 0.1) is 5.41 Å². The van der Waals surface area contributed by atoms with E-state index in [4.69, 9.17) is 9.47 Å². The van der Waals surface area contributed by atoms with Crippen molar-refractivity contribution in [1.29, 1.82) is 0 Å². The number of aromatic amines is 1. The van der Waals surface area contributed by atoms with Gasteiger partial charge in [0.25, 0.3) is 5.56 Å². The number of aryl methyl sites for hydroxylation is 1. The van der Waals surface area contributed by atoms with Gasteiger partial charge in [-0.15, -0.1) is 10.2 Å². The molecule has 0 fully saturated rings. The topological polar surface area (TPSA) is 123 Å². The molecule has 1 amide bonds. The Bertz CT molecular complexity index is 1290. The lowest BCUT2D eigenvalue weighted by Gasteiger charge is -2.27. The molecule has 0 saturated heterocycles. The average Bonchev–Trinajstić information content (AvgIpc) is 2.88. The van der Waals surface area contributed by atoms with Gasteiger partial charge in [0, 0.05) is 6.42 Å². The van der Waals surface area contributed by atoms with Crippen molar-refractivity contribution in [3.05, 3.63) is 81.5 Å². The highest BCUT2D eigenvalue weighted by atomic mass is 16.5. The Morgan fingerprint density at radius 1 is 1.03 bits per heavy atom. The number of H-pyrrole nitrogens is 1. The van der Waals surface area contributed by atoms with Crippen molar-refractivity contribution in [3.8, 4) is 11.5 Å². The minimum Gasteiger partial charge on any atom is -0.493 e. The van der Waals surface area contributed by atoms with Gasteiger partial charge >= 0.3 is 0 Å². The molecule has 196 valence electrons. The first kappa shape index (κ1) is 27.6. The first-order chi connectivity index (χ1) is 17.7. The lowest BCUT2D eigenvalue weighted by molar-refractivity contribution is -0.141. The quantitative estimate of drug-likeness (QED) is 0.360. The Labute approximate surface area is 216 Å². The molecule has 9 heteroatoms. The van der Waals surface area contributed by atoms with Crippen molar-refractivity contribution < 1.29 is 19.1 Å². The number of carbonyl (C=O) groups excluding carboxylic acids is 2. The third kappa shape index (κ3) is 6.81. The number of carbonyl (C=O) groups is 2. The van der Waals surface area contributed by atoms with Crippen LogP contribution in [0.3, 0.4) is 0 Å². The zero-order valence-electron chi connectivity index (χ0n) is 22.0. The smallest absolute Gasteiger partial charge is 0.275 e. The van der Waals surface area contributed by atoms with Gasteiger partial charge in [0.05, 0.1) is 20.3 Å². The standard InChI is InChI=1S/C28H34N4O5/c1-18(29-27(35)28(3,19(2)33)15-9-12-20-10-7-6-8-11-20)25-26(34)30-24(31-32-25)17-21-13-14-22(36-4)23(16-21)37-5/h6-8,10-11,13-14,16,18H,9,12,15,17H2,1-5H3,(H,29,35)(H,30,31,34). The number of Topliss-reactive ketones (excluding diaryl/α,β-unsaturated/α-hetero) is 1. The Kier molecular flexibility index (Phi) is 9.16. The van der Waals surface area contributed by atoms with Crippen LogP contribution < -0.4 is 20.3 Å². The summed E-state index contributed by atoms with van der Waals surface area (Å²) in [6.07, 6.45) is 2.15. The third-order valence-electron chi connectivity index (χ3n) is 6.61. The SMILES string of the molecule is COc1ccc(Cc2nnc(C(C)NC(=O)C(C)(CCCc3ccccc3)C(C)=O)c(=O)[nH]2)cc1OC.